The fraction of sp³-hybridized carbons (Fsp3) is 0.733. The number of carbonyl (C=O) groups is 1. The topological polar surface area (TPSA) is 35.1 Å². The van der Waals surface area contributed by atoms with Gasteiger partial charge in [-0.3, -0.25) is 4.79 Å². The normalized spacial score (nSPS) is 10.7. The van der Waals surface area contributed by atoms with E-state index in [4.69, 9.17) is 4.74 Å². The van der Waals surface area contributed by atoms with Gasteiger partial charge in [-0.15, -0.1) is 0 Å². The summed E-state index contributed by atoms with van der Waals surface area (Å²) in [5, 5.41) is 0. The molecule has 0 saturated carbocycles. The van der Waals surface area contributed by atoms with Crippen LogP contribution in [0.5, 0.6) is 0 Å². The van der Waals surface area contributed by atoms with Crippen LogP contribution in [-0.4, -0.2) is 17.6 Å². The number of hydrogen-bond donors (Lipinski definition) is 0. The van der Waals surface area contributed by atoms with Crippen LogP contribution in [0.3, 0.4) is 0 Å². The van der Waals surface area contributed by atoms with Crippen LogP contribution in [0.4, 0.5) is 0 Å². The molecule has 0 aromatic carbocycles. The number of imidazole rings is 1. The number of hydrogen-bond acceptors (Lipinski definition) is 2. The minimum atomic E-state index is -0.136. The molecule has 0 aliphatic rings. The molecule has 0 saturated heterocycles. The van der Waals surface area contributed by atoms with Gasteiger partial charge in [0.25, 0.3) is 0 Å². The Hall–Kier alpha value is -1.32. The van der Waals surface area contributed by atoms with Crippen molar-refractivity contribution in [3.63, 3.8) is 0 Å². The first kappa shape index (κ1) is 15.7. The number of methoxy groups -OCH3 is 1. The van der Waals surface area contributed by atoms with Crippen molar-refractivity contribution >= 4 is 5.97 Å². The highest BCUT2D eigenvalue weighted by molar-refractivity contribution is 5.69. The van der Waals surface area contributed by atoms with Crippen LogP contribution in [0.2, 0.25) is 0 Å². The summed E-state index contributed by atoms with van der Waals surface area (Å²) in [6.45, 7) is 6.47. The van der Waals surface area contributed by atoms with Gasteiger partial charge in [0.1, 0.15) is 11.9 Å². The van der Waals surface area contributed by atoms with E-state index >= 15 is 0 Å². The summed E-state index contributed by atoms with van der Waals surface area (Å²) in [5.74, 6) is -0.136. The number of ether oxygens (including phenoxy) is 1. The molecule has 1 heterocycles. The van der Waals surface area contributed by atoms with Crippen LogP contribution < -0.4 is 4.57 Å². The molecule has 0 amide bonds. The molecule has 0 bridgehead atoms. The second-order valence-corrected chi connectivity index (χ2v) is 4.95. The molecular weight excluding hydrogens is 240 g/mol. The Morgan fingerprint density at radius 2 is 2.11 bits per heavy atom. The number of esters is 1. The van der Waals surface area contributed by atoms with Crippen molar-refractivity contribution in [3.05, 3.63) is 18.2 Å². The summed E-state index contributed by atoms with van der Waals surface area (Å²) in [6, 6.07) is 0. The summed E-state index contributed by atoms with van der Waals surface area (Å²) < 4.78 is 9.22. The molecular formula is C15H27N2O2+. The predicted octanol–water partition coefficient (Wildman–Crippen LogP) is 2.48. The fourth-order valence-electron chi connectivity index (χ4n) is 2.21. The van der Waals surface area contributed by atoms with Gasteiger partial charge in [-0.1, -0.05) is 20.3 Å². The first-order chi connectivity index (χ1) is 9.21. The molecule has 0 fully saturated rings. The van der Waals surface area contributed by atoms with Gasteiger partial charge in [0, 0.05) is 6.42 Å². The molecule has 1 aromatic rings. The van der Waals surface area contributed by atoms with Crippen molar-refractivity contribution in [2.24, 2.45) is 0 Å². The van der Waals surface area contributed by atoms with E-state index in [2.05, 4.69) is 35.5 Å². The molecule has 0 unspecified atom stereocenters. The Morgan fingerprint density at radius 1 is 1.32 bits per heavy atom. The average Bonchev–Trinajstić information content (AvgIpc) is 2.79. The van der Waals surface area contributed by atoms with Crippen molar-refractivity contribution in [1.82, 2.24) is 4.57 Å². The Balaban J connectivity index is 2.65. The molecule has 1 aromatic heterocycles. The van der Waals surface area contributed by atoms with Crippen LogP contribution in [0.1, 0.15) is 51.6 Å². The molecule has 0 aliphatic carbocycles. The van der Waals surface area contributed by atoms with Crippen LogP contribution >= 0.6 is 0 Å². The third-order valence-electron chi connectivity index (χ3n) is 3.27. The van der Waals surface area contributed by atoms with Crippen LogP contribution in [0, 0.1) is 0 Å². The highest BCUT2D eigenvalue weighted by atomic mass is 16.5. The molecule has 4 nitrogen and oxygen atoms in total. The molecule has 1 rings (SSSR count). The summed E-state index contributed by atoms with van der Waals surface area (Å²) in [5.41, 5.74) is 1.23. The lowest BCUT2D eigenvalue weighted by Crippen LogP contribution is -2.36. The van der Waals surface area contributed by atoms with Crippen molar-refractivity contribution in [1.29, 1.82) is 0 Å². The minimum Gasteiger partial charge on any atom is -0.469 e. The van der Waals surface area contributed by atoms with Crippen molar-refractivity contribution in [2.75, 3.05) is 7.11 Å². The second-order valence-electron chi connectivity index (χ2n) is 4.95. The molecule has 0 N–H and O–H groups in total. The molecule has 0 atom stereocenters. The van der Waals surface area contributed by atoms with E-state index in [1.54, 1.807) is 0 Å². The maximum absolute atomic E-state index is 11.3. The number of aryl methyl sites for hydroxylation is 3. The number of aromatic nitrogens is 2. The quantitative estimate of drug-likeness (QED) is 0.391. The summed E-state index contributed by atoms with van der Waals surface area (Å²) in [6.07, 6.45) is 10.4. The van der Waals surface area contributed by atoms with Gasteiger partial charge in [-0.2, -0.15) is 0 Å². The highest BCUT2D eigenvalue weighted by Crippen LogP contribution is 2.03. The standard InChI is InChI=1S/C15H27N2O2/c1-4-6-7-11-17-13-16(10-5-2)12-14(17)8-9-15(18)19-3/h12-13H,4-11H2,1-3H3/q+1. The van der Waals surface area contributed by atoms with E-state index in [0.717, 1.165) is 25.9 Å². The van der Waals surface area contributed by atoms with E-state index in [-0.39, 0.29) is 5.97 Å². The van der Waals surface area contributed by atoms with E-state index in [1.165, 1.54) is 32.1 Å². The van der Waals surface area contributed by atoms with Crippen molar-refractivity contribution < 1.29 is 14.1 Å². The Labute approximate surface area is 116 Å². The summed E-state index contributed by atoms with van der Waals surface area (Å²) >= 11 is 0. The zero-order chi connectivity index (χ0) is 14.1. The molecule has 0 aliphatic heterocycles. The van der Waals surface area contributed by atoms with Crippen molar-refractivity contribution in [2.45, 2.75) is 65.5 Å². The predicted molar refractivity (Wildman–Crippen MR) is 74.8 cm³/mol. The first-order valence-corrected chi connectivity index (χ1v) is 7.36. The molecule has 19 heavy (non-hydrogen) atoms. The Bertz CT molecular complexity index is 385. The van der Waals surface area contributed by atoms with Crippen LogP contribution in [-0.2, 0) is 29.0 Å². The van der Waals surface area contributed by atoms with Gasteiger partial charge in [0.05, 0.1) is 26.6 Å². The lowest BCUT2D eigenvalue weighted by molar-refractivity contribution is -0.703. The van der Waals surface area contributed by atoms with Gasteiger partial charge in [-0.25, -0.2) is 9.13 Å². The monoisotopic (exact) mass is 267 g/mol. The van der Waals surface area contributed by atoms with Gasteiger partial charge in [0.2, 0.25) is 6.33 Å². The highest BCUT2D eigenvalue weighted by Gasteiger charge is 2.14. The number of nitrogens with zero attached hydrogens (tertiary/aromatic N) is 2. The molecule has 108 valence electrons. The van der Waals surface area contributed by atoms with E-state index in [1.807, 2.05) is 0 Å². The van der Waals surface area contributed by atoms with Crippen molar-refractivity contribution in [3.8, 4) is 0 Å². The van der Waals surface area contributed by atoms with Crippen LogP contribution in [0.25, 0.3) is 0 Å². The van der Waals surface area contributed by atoms with Gasteiger partial charge in [-0.05, 0) is 19.3 Å². The number of carbonyl (C=O) groups excluding carboxylic acids is 1. The van der Waals surface area contributed by atoms with Gasteiger partial charge < -0.3 is 4.74 Å². The lowest BCUT2D eigenvalue weighted by Gasteiger charge is -2.01. The fourth-order valence-corrected chi connectivity index (χ4v) is 2.21. The zero-order valence-electron chi connectivity index (χ0n) is 12.5. The zero-order valence-corrected chi connectivity index (χ0v) is 12.5. The third kappa shape index (κ3) is 5.45. The number of unbranched alkanes of at least 4 members (excludes halogenated alkanes) is 2. The van der Waals surface area contributed by atoms with E-state index < -0.39 is 0 Å². The maximum Gasteiger partial charge on any atom is 0.305 e. The molecule has 4 heteroatoms. The SMILES string of the molecule is CCCCC[n+]1cn(CCC)cc1CCC(=O)OC. The average molecular weight is 267 g/mol. The summed E-state index contributed by atoms with van der Waals surface area (Å²) in [4.78, 5) is 11.3. The smallest absolute Gasteiger partial charge is 0.305 e. The van der Waals surface area contributed by atoms with E-state index in [0.29, 0.717) is 6.42 Å². The number of rotatable bonds is 9. The Kier molecular flexibility index (Phi) is 7.23. The van der Waals surface area contributed by atoms with E-state index in [9.17, 15) is 4.79 Å². The molecule has 0 spiro atoms. The lowest BCUT2D eigenvalue weighted by atomic mass is 10.2. The van der Waals surface area contributed by atoms with Gasteiger partial charge in [0.15, 0.2) is 0 Å². The molecule has 0 radical (unpaired) electrons. The largest absolute Gasteiger partial charge is 0.469 e. The van der Waals surface area contributed by atoms with Crippen LogP contribution in [0.15, 0.2) is 12.5 Å². The Morgan fingerprint density at radius 3 is 2.74 bits per heavy atom. The summed E-state index contributed by atoms with van der Waals surface area (Å²) in [7, 11) is 1.44. The second kappa shape index (κ2) is 8.73. The third-order valence-corrected chi connectivity index (χ3v) is 3.27. The maximum atomic E-state index is 11.3. The first-order valence-electron chi connectivity index (χ1n) is 7.36. The minimum absolute atomic E-state index is 0.136. The van der Waals surface area contributed by atoms with Gasteiger partial charge >= 0.3 is 5.97 Å².